The van der Waals surface area contributed by atoms with E-state index in [4.69, 9.17) is 4.74 Å². The van der Waals surface area contributed by atoms with Gasteiger partial charge in [-0.15, -0.1) is 0 Å². The number of fused-ring (bicyclic) bond motifs is 1. The minimum atomic E-state index is -4.46. The molecule has 0 saturated carbocycles. The summed E-state index contributed by atoms with van der Waals surface area (Å²) < 4.78 is 59.1. The summed E-state index contributed by atoms with van der Waals surface area (Å²) in [6.45, 7) is 5.13. The van der Waals surface area contributed by atoms with Gasteiger partial charge in [0.05, 0.1) is 30.7 Å². The molecule has 2 amide bonds. The Balaban J connectivity index is 1.63. The van der Waals surface area contributed by atoms with E-state index in [9.17, 15) is 22.4 Å². The first-order chi connectivity index (χ1) is 13.8. The summed E-state index contributed by atoms with van der Waals surface area (Å²) in [5, 5.41) is 6.86. The van der Waals surface area contributed by atoms with E-state index in [1.54, 1.807) is 18.5 Å². The molecule has 166 valence electrons. The highest BCUT2D eigenvalue weighted by atomic mass is 19.4. The van der Waals surface area contributed by atoms with Gasteiger partial charge in [-0.05, 0) is 39.3 Å². The molecule has 2 aromatic heterocycles. The number of hydrogen-bond acceptors (Lipinski definition) is 4. The van der Waals surface area contributed by atoms with Crippen LogP contribution in [0.3, 0.4) is 0 Å². The van der Waals surface area contributed by atoms with Gasteiger partial charge in [-0.1, -0.05) is 0 Å². The number of rotatable bonds is 7. The van der Waals surface area contributed by atoms with Gasteiger partial charge in [0.1, 0.15) is 5.67 Å². The summed E-state index contributed by atoms with van der Waals surface area (Å²) in [5.74, 6) is 0. The number of carbonyl (C=O) groups excluding carboxylic acids is 1. The smallest absolute Gasteiger partial charge is 0.366 e. The van der Waals surface area contributed by atoms with Crippen molar-refractivity contribution in [1.82, 2.24) is 24.8 Å². The Kier molecular flexibility index (Phi) is 5.70. The van der Waals surface area contributed by atoms with Crippen molar-refractivity contribution in [3.05, 3.63) is 29.7 Å². The van der Waals surface area contributed by atoms with Crippen molar-refractivity contribution in [3.63, 3.8) is 0 Å². The predicted molar refractivity (Wildman–Crippen MR) is 101 cm³/mol. The van der Waals surface area contributed by atoms with E-state index in [0.717, 1.165) is 13.8 Å². The molecule has 1 fully saturated rings. The van der Waals surface area contributed by atoms with Gasteiger partial charge in [-0.25, -0.2) is 18.7 Å². The summed E-state index contributed by atoms with van der Waals surface area (Å²) in [6, 6.07) is 0.790. The maximum atomic E-state index is 14.1. The molecule has 11 heteroatoms. The molecule has 1 N–H and O–H groups in total. The Morgan fingerprint density at radius 1 is 1.23 bits per heavy atom. The van der Waals surface area contributed by atoms with Crippen LogP contribution < -0.4 is 5.32 Å². The second-order valence-corrected chi connectivity index (χ2v) is 8.45. The largest absolute Gasteiger partial charge is 0.416 e. The number of nitrogens with zero attached hydrogens (tertiary/aromatic N) is 4. The van der Waals surface area contributed by atoms with E-state index < -0.39 is 23.5 Å². The van der Waals surface area contributed by atoms with Gasteiger partial charge in [0.25, 0.3) is 0 Å². The quantitative estimate of drug-likeness (QED) is 0.683. The Morgan fingerprint density at radius 2 is 1.93 bits per heavy atom. The van der Waals surface area contributed by atoms with Crippen LogP contribution in [0.4, 0.5) is 22.4 Å². The summed E-state index contributed by atoms with van der Waals surface area (Å²) >= 11 is 0. The molecule has 0 aliphatic carbocycles. The highest BCUT2D eigenvalue weighted by molar-refractivity contribution is 5.77. The fourth-order valence-electron chi connectivity index (χ4n) is 3.00. The molecule has 1 aliphatic rings. The average molecular weight is 431 g/mol. The number of ether oxygens (including phenoxy) is 1. The predicted octanol–water partition coefficient (Wildman–Crippen LogP) is 3.27. The molecule has 1 aliphatic heterocycles. The number of halogens is 4. The maximum absolute atomic E-state index is 14.1. The van der Waals surface area contributed by atoms with Gasteiger partial charge in [0.2, 0.25) is 0 Å². The molecule has 30 heavy (non-hydrogen) atoms. The first-order valence-electron chi connectivity index (χ1n) is 9.54. The Bertz CT molecular complexity index is 920. The van der Waals surface area contributed by atoms with Crippen molar-refractivity contribution in [2.24, 2.45) is 0 Å². The number of nitrogens with one attached hydrogen (secondary N) is 1. The van der Waals surface area contributed by atoms with Crippen LogP contribution >= 0.6 is 0 Å². The Labute approximate surface area is 171 Å². The monoisotopic (exact) mass is 431 g/mol. The molecular weight excluding hydrogens is 406 g/mol. The number of carbonyl (C=O) groups is 1. The molecule has 1 unspecified atom stereocenters. The topological polar surface area (TPSA) is 71.8 Å². The first kappa shape index (κ1) is 22.3. The second-order valence-electron chi connectivity index (χ2n) is 8.45. The molecule has 7 nitrogen and oxygen atoms in total. The molecule has 0 spiro atoms. The third-order valence-corrected chi connectivity index (χ3v) is 5.12. The lowest BCUT2D eigenvalue weighted by Gasteiger charge is -2.27. The van der Waals surface area contributed by atoms with Gasteiger partial charge in [0, 0.05) is 19.5 Å². The summed E-state index contributed by atoms with van der Waals surface area (Å²) in [6.07, 6.45) is -1.07. The van der Waals surface area contributed by atoms with Crippen LogP contribution in [0.25, 0.3) is 5.65 Å². The number of amides is 2. The van der Waals surface area contributed by atoms with Crippen LogP contribution in [0.15, 0.2) is 18.5 Å². The lowest BCUT2D eigenvalue weighted by molar-refractivity contribution is -0.263. The van der Waals surface area contributed by atoms with Gasteiger partial charge >= 0.3 is 12.2 Å². The van der Waals surface area contributed by atoms with Crippen LogP contribution in [0.1, 0.15) is 39.0 Å². The first-order valence-corrected chi connectivity index (χ1v) is 9.54. The van der Waals surface area contributed by atoms with Crippen molar-refractivity contribution in [2.75, 3.05) is 13.2 Å². The van der Waals surface area contributed by atoms with E-state index in [1.165, 1.54) is 23.3 Å². The Hall–Kier alpha value is -2.43. The third-order valence-electron chi connectivity index (χ3n) is 5.12. The van der Waals surface area contributed by atoms with Gasteiger partial charge in [0.15, 0.2) is 11.2 Å². The average Bonchev–Trinajstić information content (AvgIpc) is 3.16. The lowest BCUT2D eigenvalue weighted by Crippen LogP contribution is -2.42. The molecule has 3 rings (SSSR count). The third kappa shape index (κ3) is 4.82. The molecule has 0 radical (unpaired) electrons. The van der Waals surface area contributed by atoms with E-state index in [0.29, 0.717) is 16.9 Å². The molecular formula is C19H25F4N5O2. The number of hydrogen-bond donors (Lipinski definition) is 1. The van der Waals surface area contributed by atoms with Gasteiger partial charge in [-0.2, -0.15) is 18.3 Å². The standard InChI is InChI=1S/C19H25F4N5O2/c1-17(2,20)14-11-27(16(29)26-14)9-12-7-15-25-13(10-28(15)24-8-12)5-6-30-18(3,4)19(21,22)23/h7-8,10,14H,5-6,9,11H2,1-4H3,(H,26,29). The van der Waals surface area contributed by atoms with E-state index >= 15 is 0 Å². The SMILES string of the molecule is CC(C)(F)C1CN(Cc2cnn3cc(CCOC(C)(C)C(F)(F)F)nc3c2)C(=O)N1. The summed E-state index contributed by atoms with van der Waals surface area (Å²) in [5.41, 5.74) is -2.02. The van der Waals surface area contributed by atoms with Gasteiger partial charge < -0.3 is 15.0 Å². The van der Waals surface area contributed by atoms with Crippen LogP contribution in [-0.2, 0) is 17.7 Å². The molecule has 0 bridgehead atoms. The molecule has 0 aromatic carbocycles. The number of alkyl halides is 4. The lowest BCUT2D eigenvalue weighted by atomic mass is 10.0. The molecule has 3 heterocycles. The summed E-state index contributed by atoms with van der Waals surface area (Å²) in [7, 11) is 0. The van der Waals surface area contributed by atoms with Crippen LogP contribution in [0, 0.1) is 0 Å². The van der Waals surface area contributed by atoms with Crippen molar-refractivity contribution in [3.8, 4) is 0 Å². The number of aromatic nitrogens is 3. The zero-order valence-corrected chi connectivity index (χ0v) is 17.3. The normalized spacial score (nSPS) is 18.3. The minimum Gasteiger partial charge on any atom is -0.366 e. The number of urea groups is 1. The van der Waals surface area contributed by atoms with E-state index in [2.05, 4.69) is 15.4 Å². The molecule has 1 saturated heterocycles. The Morgan fingerprint density at radius 3 is 2.53 bits per heavy atom. The second kappa shape index (κ2) is 7.68. The zero-order valence-electron chi connectivity index (χ0n) is 17.3. The number of imidazole rings is 1. The van der Waals surface area contributed by atoms with Crippen molar-refractivity contribution >= 4 is 11.7 Å². The van der Waals surface area contributed by atoms with E-state index in [-0.39, 0.29) is 32.1 Å². The van der Waals surface area contributed by atoms with Crippen molar-refractivity contribution in [1.29, 1.82) is 0 Å². The maximum Gasteiger partial charge on any atom is 0.416 e. The minimum absolute atomic E-state index is 0.141. The van der Waals surface area contributed by atoms with E-state index in [1.807, 2.05) is 0 Å². The summed E-state index contributed by atoms with van der Waals surface area (Å²) in [4.78, 5) is 17.9. The highest BCUT2D eigenvalue weighted by Crippen LogP contribution is 2.32. The van der Waals surface area contributed by atoms with Crippen molar-refractivity contribution in [2.45, 2.75) is 64.1 Å². The molecule has 1 atom stereocenters. The molecule has 2 aromatic rings. The van der Waals surface area contributed by atoms with Crippen LogP contribution in [0.5, 0.6) is 0 Å². The van der Waals surface area contributed by atoms with Crippen LogP contribution in [-0.4, -0.2) is 62.2 Å². The van der Waals surface area contributed by atoms with Gasteiger partial charge in [-0.3, -0.25) is 0 Å². The highest BCUT2D eigenvalue weighted by Gasteiger charge is 2.48. The zero-order chi connectivity index (χ0) is 22.3. The fraction of sp³-hybridized carbons (Fsp3) is 0.632. The van der Waals surface area contributed by atoms with Crippen LogP contribution in [0.2, 0.25) is 0 Å². The fourth-order valence-corrected chi connectivity index (χ4v) is 3.00. The van der Waals surface area contributed by atoms with Crippen molar-refractivity contribution < 1.29 is 27.1 Å².